The molecule has 0 heterocycles. The van der Waals surface area contributed by atoms with E-state index in [0.29, 0.717) is 0 Å². The number of carbonyl (C=O) groups is 2. The molecule has 2 rings (SSSR count). The summed E-state index contributed by atoms with van der Waals surface area (Å²) < 4.78 is 0. The predicted octanol–water partition coefficient (Wildman–Crippen LogP) is 1.86. The molecule has 0 bridgehead atoms. The highest BCUT2D eigenvalue weighted by atomic mass is 16.5. The van der Waals surface area contributed by atoms with Crippen molar-refractivity contribution in [1.82, 2.24) is 5.32 Å². The number of aliphatic hydroxyl groups is 2. The molecule has 0 aromatic heterocycles. The van der Waals surface area contributed by atoms with Gasteiger partial charge in [0.2, 0.25) is 0 Å². The van der Waals surface area contributed by atoms with Gasteiger partial charge in [-0.3, -0.25) is 4.79 Å². The maximum absolute atomic E-state index is 12.3. The lowest BCUT2D eigenvalue weighted by Gasteiger charge is -2.17. The highest BCUT2D eigenvalue weighted by Crippen LogP contribution is 2.18. The zero-order valence-electron chi connectivity index (χ0n) is 12.4. The van der Waals surface area contributed by atoms with Crippen LogP contribution in [0.5, 0.6) is 0 Å². The van der Waals surface area contributed by atoms with Gasteiger partial charge in [-0.1, -0.05) is 30.3 Å². The summed E-state index contributed by atoms with van der Waals surface area (Å²) in [5, 5.41) is 30.2. The summed E-state index contributed by atoms with van der Waals surface area (Å²) in [6, 6.07) is 12.0. The molecule has 0 spiro atoms. The van der Waals surface area contributed by atoms with Crippen molar-refractivity contribution in [2.45, 2.75) is 19.3 Å². The van der Waals surface area contributed by atoms with Crippen molar-refractivity contribution in [3.05, 3.63) is 70.8 Å². The molecule has 1 amide bonds. The Kier molecular flexibility index (Phi) is 5.10. The topological polar surface area (TPSA) is 107 Å². The Labute approximate surface area is 133 Å². The van der Waals surface area contributed by atoms with E-state index >= 15 is 0 Å². The molecule has 1 atom stereocenters. The Morgan fingerprint density at radius 2 is 1.61 bits per heavy atom. The number of carbonyl (C=O) groups excluding carboxylic acids is 1. The van der Waals surface area contributed by atoms with E-state index in [1.807, 2.05) is 0 Å². The van der Waals surface area contributed by atoms with E-state index < -0.39 is 18.2 Å². The van der Waals surface area contributed by atoms with Gasteiger partial charge in [0.05, 0.1) is 11.6 Å². The molecule has 0 aliphatic heterocycles. The Balaban J connectivity index is 2.15. The molecule has 0 fully saturated rings. The van der Waals surface area contributed by atoms with Crippen LogP contribution in [0.1, 0.15) is 51.1 Å². The molecule has 0 aliphatic rings. The number of hydrogen-bond acceptors (Lipinski definition) is 4. The minimum Gasteiger partial charge on any atom is -0.478 e. The third kappa shape index (κ3) is 3.94. The van der Waals surface area contributed by atoms with Gasteiger partial charge < -0.3 is 20.6 Å². The highest BCUT2D eigenvalue weighted by molar-refractivity contribution is 5.96. The molecule has 0 radical (unpaired) electrons. The monoisotopic (exact) mass is 315 g/mol. The van der Waals surface area contributed by atoms with Crippen LogP contribution in [0.3, 0.4) is 0 Å². The molecule has 120 valence electrons. The molecule has 1 unspecified atom stereocenters. The Morgan fingerprint density at radius 1 is 1.00 bits per heavy atom. The summed E-state index contributed by atoms with van der Waals surface area (Å²) in [7, 11) is 0. The van der Waals surface area contributed by atoms with E-state index in [1.165, 1.54) is 24.3 Å². The van der Waals surface area contributed by atoms with Crippen LogP contribution in [-0.2, 0) is 0 Å². The molecule has 2 aromatic rings. The van der Waals surface area contributed by atoms with Gasteiger partial charge in [-0.25, -0.2) is 4.79 Å². The fraction of sp³-hybridized carbons (Fsp3) is 0.176. The van der Waals surface area contributed by atoms with Crippen molar-refractivity contribution in [3.63, 3.8) is 0 Å². The maximum Gasteiger partial charge on any atom is 0.335 e. The third-order valence-corrected chi connectivity index (χ3v) is 3.49. The molecule has 0 aliphatic carbocycles. The fourth-order valence-corrected chi connectivity index (χ4v) is 2.20. The van der Waals surface area contributed by atoms with E-state index in [0.717, 1.165) is 5.56 Å². The van der Waals surface area contributed by atoms with Crippen LogP contribution in [0, 0.1) is 0 Å². The zero-order valence-corrected chi connectivity index (χ0v) is 12.4. The first-order valence-electron chi connectivity index (χ1n) is 6.99. The lowest BCUT2D eigenvalue weighted by molar-refractivity contribution is -0.0429. The number of aliphatic hydroxyl groups excluding tert-OH is 1. The molecule has 0 saturated carbocycles. The van der Waals surface area contributed by atoms with Gasteiger partial charge in [0.15, 0.2) is 6.29 Å². The SMILES string of the molecule is CC(NC(=O)c1ccccc1C(O)O)c1ccc(C(=O)O)cc1. The van der Waals surface area contributed by atoms with Gasteiger partial charge in [-0.2, -0.15) is 0 Å². The zero-order chi connectivity index (χ0) is 17.0. The number of aromatic carboxylic acids is 1. The van der Waals surface area contributed by atoms with Crippen molar-refractivity contribution in [2.24, 2.45) is 0 Å². The number of rotatable bonds is 5. The van der Waals surface area contributed by atoms with Crippen molar-refractivity contribution in [3.8, 4) is 0 Å². The van der Waals surface area contributed by atoms with Crippen LogP contribution in [-0.4, -0.2) is 27.2 Å². The molecule has 2 aromatic carbocycles. The van der Waals surface area contributed by atoms with Crippen molar-refractivity contribution in [1.29, 1.82) is 0 Å². The van der Waals surface area contributed by atoms with Crippen molar-refractivity contribution in [2.75, 3.05) is 0 Å². The van der Waals surface area contributed by atoms with Gasteiger partial charge in [-0.05, 0) is 30.7 Å². The minimum atomic E-state index is -1.73. The largest absolute Gasteiger partial charge is 0.478 e. The van der Waals surface area contributed by atoms with Crippen molar-refractivity contribution < 1.29 is 24.9 Å². The van der Waals surface area contributed by atoms with Gasteiger partial charge >= 0.3 is 5.97 Å². The smallest absolute Gasteiger partial charge is 0.335 e. The van der Waals surface area contributed by atoms with Crippen LogP contribution in [0.2, 0.25) is 0 Å². The highest BCUT2D eigenvalue weighted by Gasteiger charge is 2.17. The van der Waals surface area contributed by atoms with Crippen LogP contribution in [0.15, 0.2) is 48.5 Å². The summed E-state index contributed by atoms with van der Waals surface area (Å²) >= 11 is 0. The van der Waals surface area contributed by atoms with Gasteiger partial charge in [0.1, 0.15) is 0 Å². The molecular weight excluding hydrogens is 298 g/mol. The van der Waals surface area contributed by atoms with Crippen LogP contribution in [0.25, 0.3) is 0 Å². The summed E-state index contributed by atoms with van der Waals surface area (Å²) in [6.07, 6.45) is -1.73. The average Bonchev–Trinajstić information content (AvgIpc) is 2.54. The van der Waals surface area contributed by atoms with E-state index in [2.05, 4.69) is 5.32 Å². The van der Waals surface area contributed by atoms with Gasteiger partial charge in [0.25, 0.3) is 5.91 Å². The lowest BCUT2D eigenvalue weighted by atomic mass is 10.0. The van der Waals surface area contributed by atoms with Gasteiger partial charge in [0, 0.05) is 11.1 Å². The van der Waals surface area contributed by atoms with E-state index in [-0.39, 0.29) is 22.7 Å². The van der Waals surface area contributed by atoms with E-state index in [1.54, 1.807) is 31.2 Å². The Bertz CT molecular complexity index is 709. The minimum absolute atomic E-state index is 0.124. The molecule has 6 heteroatoms. The first kappa shape index (κ1) is 16.7. The molecule has 23 heavy (non-hydrogen) atoms. The van der Waals surface area contributed by atoms with Crippen molar-refractivity contribution >= 4 is 11.9 Å². The summed E-state index contributed by atoms with van der Waals surface area (Å²) in [5.41, 5.74) is 1.21. The second kappa shape index (κ2) is 7.04. The van der Waals surface area contributed by atoms with Crippen LogP contribution < -0.4 is 5.32 Å². The van der Waals surface area contributed by atoms with Crippen LogP contribution in [0.4, 0.5) is 0 Å². The maximum atomic E-state index is 12.3. The third-order valence-electron chi connectivity index (χ3n) is 3.49. The molecular formula is C17H17NO5. The number of hydrogen-bond donors (Lipinski definition) is 4. The van der Waals surface area contributed by atoms with Gasteiger partial charge in [-0.15, -0.1) is 0 Å². The summed E-state index contributed by atoms with van der Waals surface area (Å²) in [5.74, 6) is -1.46. The molecule has 6 nitrogen and oxygen atoms in total. The number of benzene rings is 2. The summed E-state index contributed by atoms with van der Waals surface area (Å²) in [4.78, 5) is 23.1. The quantitative estimate of drug-likeness (QED) is 0.630. The van der Waals surface area contributed by atoms with Crippen LogP contribution >= 0.6 is 0 Å². The average molecular weight is 315 g/mol. The number of amides is 1. The molecule has 0 saturated heterocycles. The standard InChI is InChI=1S/C17H17NO5/c1-10(11-6-8-12(9-7-11)16(20)21)18-15(19)13-4-2-3-5-14(13)17(22)23/h2-10,17,22-23H,1H3,(H,18,19)(H,20,21). The number of nitrogens with one attached hydrogen (secondary N) is 1. The molecule has 4 N–H and O–H groups in total. The van der Waals surface area contributed by atoms with E-state index in [9.17, 15) is 19.8 Å². The predicted molar refractivity (Wildman–Crippen MR) is 82.9 cm³/mol. The number of carboxylic acids is 1. The Hall–Kier alpha value is -2.70. The fourth-order valence-electron chi connectivity index (χ4n) is 2.20. The number of carboxylic acid groups (broad SMARTS) is 1. The normalized spacial score (nSPS) is 12.0. The first-order valence-corrected chi connectivity index (χ1v) is 6.99. The summed E-state index contributed by atoms with van der Waals surface area (Å²) in [6.45, 7) is 1.76. The lowest BCUT2D eigenvalue weighted by Crippen LogP contribution is -2.28. The first-order chi connectivity index (χ1) is 10.9. The Morgan fingerprint density at radius 3 is 2.17 bits per heavy atom. The second-order valence-electron chi connectivity index (χ2n) is 5.08. The second-order valence-corrected chi connectivity index (χ2v) is 5.08. The van der Waals surface area contributed by atoms with E-state index in [4.69, 9.17) is 5.11 Å².